The Bertz CT molecular complexity index is 449. The topological polar surface area (TPSA) is 21.3 Å². The van der Waals surface area contributed by atoms with Crippen molar-refractivity contribution in [2.45, 2.75) is 52.0 Å². The third-order valence-corrected chi connectivity index (χ3v) is 4.79. The molecule has 0 radical (unpaired) electrons. The van der Waals surface area contributed by atoms with Gasteiger partial charge in [-0.25, -0.2) is 4.39 Å². The summed E-state index contributed by atoms with van der Waals surface area (Å²) in [6.07, 6.45) is 6.00. The Hall–Kier alpha value is -1.09. The monoisotopic (exact) mass is 293 g/mol. The van der Waals surface area contributed by atoms with E-state index in [2.05, 4.69) is 19.2 Å². The molecular formula is C18H28FNO. The third kappa shape index (κ3) is 3.97. The van der Waals surface area contributed by atoms with Gasteiger partial charge in [0.05, 0.1) is 7.11 Å². The Morgan fingerprint density at radius 1 is 1.33 bits per heavy atom. The second kappa shape index (κ2) is 7.79. The number of methoxy groups -OCH3 is 1. The Labute approximate surface area is 128 Å². The highest BCUT2D eigenvalue weighted by Gasteiger charge is 2.32. The molecule has 0 spiro atoms. The fourth-order valence-electron chi connectivity index (χ4n) is 3.50. The number of benzene rings is 1. The summed E-state index contributed by atoms with van der Waals surface area (Å²) in [5, 5.41) is 3.57. The molecule has 1 saturated carbocycles. The van der Waals surface area contributed by atoms with Crippen molar-refractivity contribution in [2.75, 3.05) is 13.7 Å². The lowest BCUT2D eigenvalue weighted by Crippen LogP contribution is -2.29. The van der Waals surface area contributed by atoms with E-state index in [1.54, 1.807) is 7.11 Å². The number of rotatable bonds is 7. The normalized spacial score (nSPS) is 23.2. The lowest BCUT2D eigenvalue weighted by Gasteiger charge is -2.26. The summed E-state index contributed by atoms with van der Waals surface area (Å²) in [6.45, 7) is 5.34. The number of hydrogen-bond acceptors (Lipinski definition) is 2. The van der Waals surface area contributed by atoms with Gasteiger partial charge < -0.3 is 10.1 Å². The van der Waals surface area contributed by atoms with Gasteiger partial charge in [-0.1, -0.05) is 32.8 Å². The SMILES string of the molecule is CCCNC(c1ccc(OC)cc1F)C1CCC(CC)C1. The molecule has 2 nitrogen and oxygen atoms in total. The molecule has 0 aromatic heterocycles. The van der Waals surface area contributed by atoms with Crippen LogP contribution in [0.4, 0.5) is 4.39 Å². The molecule has 1 aromatic carbocycles. The molecule has 3 heteroatoms. The van der Waals surface area contributed by atoms with Crippen LogP contribution in [0.3, 0.4) is 0 Å². The molecular weight excluding hydrogens is 265 g/mol. The van der Waals surface area contributed by atoms with Gasteiger partial charge in [-0.2, -0.15) is 0 Å². The minimum Gasteiger partial charge on any atom is -0.497 e. The summed E-state index contributed by atoms with van der Waals surface area (Å²) in [6, 6.07) is 5.39. The zero-order valence-corrected chi connectivity index (χ0v) is 13.5. The summed E-state index contributed by atoms with van der Waals surface area (Å²) >= 11 is 0. The van der Waals surface area contributed by atoms with Crippen molar-refractivity contribution in [3.05, 3.63) is 29.6 Å². The van der Waals surface area contributed by atoms with Gasteiger partial charge in [0.2, 0.25) is 0 Å². The second-order valence-corrected chi connectivity index (χ2v) is 6.17. The maximum Gasteiger partial charge on any atom is 0.131 e. The van der Waals surface area contributed by atoms with Crippen molar-refractivity contribution in [3.8, 4) is 5.75 Å². The van der Waals surface area contributed by atoms with Crippen LogP contribution in [0.2, 0.25) is 0 Å². The van der Waals surface area contributed by atoms with Gasteiger partial charge in [-0.3, -0.25) is 0 Å². The Morgan fingerprint density at radius 2 is 2.14 bits per heavy atom. The van der Waals surface area contributed by atoms with Gasteiger partial charge >= 0.3 is 0 Å². The fourth-order valence-corrected chi connectivity index (χ4v) is 3.50. The Balaban J connectivity index is 2.19. The first-order valence-electron chi connectivity index (χ1n) is 8.26. The quantitative estimate of drug-likeness (QED) is 0.786. The third-order valence-electron chi connectivity index (χ3n) is 4.79. The van der Waals surface area contributed by atoms with Crippen molar-refractivity contribution in [1.82, 2.24) is 5.32 Å². The van der Waals surface area contributed by atoms with E-state index in [9.17, 15) is 4.39 Å². The van der Waals surface area contributed by atoms with E-state index in [-0.39, 0.29) is 11.9 Å². The molecule has 1 aliphatic rings. The van der Waals surface area contributed by atoms with E-state index < -0.39 is 0 Å². The minimum absolute atomic E-state index is 0.132. The largest absolute Gasteiger partial charge is 0.497 e. The van der Waals surface area contributed by atoms with Crippen molar-refractivity contribution < 1.29 is 9.13 Å². The lowest BCUT2D eigenvalue weighted by atomic mass is 9.90. The molecule has 2 rings (SSSR count). The number of hydrogen-bond donors (Lipinski definition) is 1. The molecule has 1 aliphatic carbocycles. The fraction of sp³-hybridized carbons (Fsp3) is 0.667. The lowest BCUT2D eigenvalue weighted by molar-refractivity contribution is 0.343. The van der Waals surface area contributed by atoms with E-state index in [1.807, 2.05) is 12.1 Å². The first-order valence-corrected chi connectivity index (χ1v) is 8.26. The van der Waals surface area contributed by atoms with Crippen LogP contribution in [0.15, 0.2) is 18.2 Å². The zero-order chi connectivity index (χ0) is 15.2. The first kappa shape index (κ1) is 16.3. The predicted molar refractivity (Wildman–Crippen MR) is 85.1 cm³/mol. The van der Waals surface area contributed by atoms with Crippen LogP contribution < -0.4 is 10.1 Å². The van der Waals surface area contributed by atoms with Gasteiger partial charge in [-0.05, 0) is 43.7 Å². The van der Waals surface area contributed by atoms with Gasteiger partial charge in [0.1, 0.15) is 11.6 Å². The molecule has 0 bridgehead atoms. The molecule has 1 aromatic rings. The van der Waals surface area contributed by atoms with Crippen LogP contribution in [0.5, 0.6) is 5.75 Å². The minimum atomic E-state index is -0.150. The van der Waals surface area contributed by atoms with Crippen LogP contribution in [-0.4, -0.2) is 13.7 Å². The van der Waals surface area contributed by atoms with Gasteiger partial charge in [0, 0.05) is 17.7 Å². The number of nitrogens with one attached hydrogen (secondary N) is 1. The maximum atomic E-state index is 14.4. The molecule has 3 atom stereocenters. The first-order chi connectivity index (χ1) is 10.2. The summed E-state index contributed by atoms with van der Waals surface area (Å²) < 4.78 is 19.5. The average Bonchev–Trinajstić information content (AvgIpc) is 2.97. The van der Waals surface area contributed by atoms with Gasteiger partial charge in [0.15, 0.2) is 0 Å². The summed E-state index contributed by atoms with van der Waals surface area (Å²) in [5.41, 5.74) is 0.797. The summed E-state index contributed by atoms with van der Waals surface area (Å²) in [4.78, 5) is 0. The van der Waals surface area contributed by atoms with Crippen molar-refractivity contribution in [2.24, 2.45) is 11.8 Å². The number of ether oxygens (including phenoxy) is 1. The highest BCUT2D eigenvalue weighted by molar-refractivity contribution is 5.31. The van der Waals surface area contributed by atoms with Gasteiger partial charge in [-0.15, -0.1) is 0 Å². The van der Waals surface area contributed by atoms with Crippen LogP contribution in [0.1, 0.15) is 57.6 Å². The highest BCUT2D eigenvalue weighted by Crippen LogP contribution is 2.41. The Morgan fingerprint density at radius 3 is 2.71 bits per heavy atom. The molecule has 21 heavy (non-hydrogen) atoms. The maximum absolute atomic E-state index is 14.4. The van der Waals surface area contributed by atoms with Gasteiger partial charge in [0.25, 0.3) is 0 Å². The van der Waals surface area contributed by atoms with E-state index in [0.29, 0.717) is 11.7 Å². The van der Waals surface area contributed by atoms with Crippen LogP contribution in [0.25, 0.3) is 0 Å². The summed E-state index contributed by atoms with van der Waals surface area (Å²) in [7, 11) is 1.57. The molecule has 3 unspecified atom stereocenters. The highest BCUT2D eigenvalue weighted by atomic mass is 19.1. The van der Waals surface area contributed by atoms with Crippen LogP contribution in [-0.2, 0) is 0 Å². The summed E-state index contributed by atoms with van der Waals surface area (Å²) in [5.74, 6) is 1.79. The Kier molecular flexibility index (Phi) is 6.04. The standard InChI is InChI=1S/C18H28FNO/c1-4-10-20-18(14-7-6-13(5-2)11-14)16-9-8-15(21-3)12-17(16)19/h8-9,12-14,18,20H,4-7,10-11H2,1-3H3. The predicted octanol–water partition coefficient (Wildman–Crippen LogP) is 4.70. The molecule has 0 aliphatic heterocycles. The molecule has 0 amide bonds. The smallest absolute Gasteiger partial charge is 0.131 e. The second-order valence-electron chi connectivity index (χ2n) is 6.17. The molecule has 118 valence electrons. The van der Waals surface area contributed by atoms with E-state index >= 15 is 0 Å². The average molecular weight is 293 g/mol. The number of halogens is 1. The van der Waals surface area contributed by atoms with E-state index in [4.69, 9.17) is 4.74 Å². The van der Waals surface area contributed by atoms with Crippen molar-refractivity contribution in [3.63, 3.8) is 0 Å². The van der Waals surface area contributed by atoms with Crippen LogP contribution in [0, 0.1) is 17.7 Å². The molecule has 0 saturated heterocycles. The molecule has 1 fully saturated rings. The van der Waals surface area contributed by atoms with Crippen LogP contribution >= 0.6 is 0 Å². The van der Waals surface area contributed by atoms with E-state index in [0.717, 1.165) is 24.4 Å². The molecule has 0 heterocycles. The van der Waals surface area contributed by atoms with E-state index in [1.165, 1.54) is 31.7 Å². The zero-order valence-electron chi connectivity index (χ0n) is 13.5. The van der Waals surface area contributed by atoms with Crippen molar-refractivity contribution in [1.29, 1.82) is 0 Å². The van der Waals surface area contributed by atoms with Crippen molar-refractivity contribution >= 4 is 0 Å². The molecule has 1 N–H and O–H groups in total.